The Bertz CT molecular complexity index is 329. The Balaban J connectivity index is 2.29. The van der Waals surface area contributed by atoms with Gasteiger partial charge in [-0.1, -0.05) is 56.5 Å². The van der Waals surface area contributed by atoms with Crippen molar-refractivity contribution in [3.8, 4) is 0 Å². The van der Waals surface area contributed by atoms with Crippen molar-refractivity contribution in [3.63, 3.8) is 0 Å². The lowest BCUT2D eigenvalue weighted by molar-refractivity contribution is 0.00225. The first-order chi connectivity index (χ1) is 9.23. The van der Waals surface area contributed by atoms with Gasteiger partial charge in [0.05, 0.1) is 0 Å². The van der Waals surface area contributed by atoms with Crippen LogP contribution in [-0.4, -0.2) is 24.9 Å². The number of ether oxygens (including phenoxy) is 1. The number of benzene rings is 1. The molecule has 1 unspecified atom stereocenters. The van der Waals surface area contributed by atoms with Gasteiger partial charge in [-0.2, -0.15) is 0 Å². The molecule has 3 heteroatoms. The molecule has 108 valence electrons. The van der Waals surface area contributed by atoms with Gasteiger partial charge in [0.15, 0.2) is 0 Å². The van der Waals surface area contributed by atoms with Crippen LogP contribution in [0.25, 0.3) is 0 Å². The fourth-order valence-corrected chi connectivity index (χ4v) is 2.09. The molecule has 19 heavy (non-hydrogen) atoms. The van der Waals surface area contributed by atoms with Gasteiger partial charge in [-0.15, -0.1) is 0 Å². The topological polar surface area (TPSA) is 55.5 Å². The average molecular weight is 265 g/mol. The first-order valence-electron chi connectivity index (χ1n) is 7.28. The van der Waals surface area contributed by atoms with Crippen molar-refractivity contribution in [1.29, 1.82) is 0 Å². The van der Waals surface area contributed by atoms with Gasteiger partial charge in [-0.25, -0.2) is 0 Å². The van der Waals surface area contributed by atoms with Crippen LogP contribution in [0.1, 0.15) is 44.6 Å². The second-order valence-corrected chi connectivity index (χ2v) is 5.02. The van der Waals surface area contributed by atoms with E-state index in [1.165, 1.54) is 19.3 Å². The van der Waals surface area contributed by atoms with Crippen LogP contribution in [0.4, 0.5) is 0 Å². The van der Waals surface area contributed by atoms with E-state index in [9.17, 15) is 5.11 Å². The monoisotopic (exact) mass is 265 g/mol. The predicted molar refractivity (Wildman–Crippen MR) is 79.0 cm³/mol. The van der Waals surface area contributed by atoms with Crippen molar-refractivity contribution in [2.45, 2.75) is 44.6 Å². The van der Waals surface area contributed by atoms with Crippen molar-refractivity contribution in [3.05, 3.63) is 35.9 Å². The van der Waals surface area contributed by atoms with Crippen molar-refractivity contribution in [1.82, 2.24) is 0 Å². The van der Waals surface area contributed by atoms with Gasteiger partial charge in [0.25, 0.3) is 0 Å². The average Bonchev–Trinajstić information content (AvgIpc) is 2.47. The van der Waals surface area contributed by atoms with Crippen LogP contribution >= 0.6 is 0 Å². The number of hydrogen-bond acceptors (Lipinski definition) is 3. The van der Waals surface area contributed by atoms with Crippen LogP contribution in [0.15, 0.2) is 30.3 Å². The molecule has 0 aliphatic rings. The van der Waals surface area contributed by atoms with Crippen LogP contribution in [0.2, 0.25) is 0 Å². The van der Waals surface area contributed by atoms with E-state index in [1.807, 2.05) is 30.3 Å². The zero-order valence-electron chi connectivity index (χ0n) is 12.0. The number of aliphatic hydroxyl groups is 1. The first kappa shape index (κ1) is 16.2. The van der Waals surface area contributed by atoms with Crippen LogP contribution in [-0.2, 0) is 10.3 Å². The summed E-state index contributed by atoms with van der Waals surface area (Å²) in [6, 6.07) is 9.59. The summed E-state index contributed by atoms with van der Waals surface area (Å²) < 4.78 is 5.58. The van der Waals surface area contributed by atoms with E-state index >= 15 is 0 Å². The molecule has 0 spiro atoms. The Kier molecular flexibility index (Phi) is 7.72. The van der Waals surface area contributed by atoms with Gasteiger partial charge in [-0.05, 0) is 12.0 Å². The largest absolute Gasteiger partial charge is 0.384 e. The van der Waals surface area contributed by atoms with Gasteiger partial charge >= 0.3 is 0 Å². The highest BCUT2D eigenvalue weighted by Crippen LogP contribution is 2.23. The van der Waals surface area contributed by atoms with E-state index in [0.29, 0.717) is 13.0 Å². The second kappa shape index (κ2) is 9.08. The van der Waals surface area contributed by atoms with Crippen LogP contribution in [0, 0.1) is 0 Å². The van der Waals surface area contributed by atoms with Crippen molar-refractivity contribution >= 4 is 0 Å². The molecule has 0 bridgehead atoms. The Labute approximate surface area is 116 Å². The molecule has 0 amide bonds. The zero-order valence-corrected chi connectivity index (χ0v) is 12.0. The molecule has 1 aromatic rings. The van der Waals surface area contributed by atoms with Crippen molar-refractivity contribution < 1.29 is 9.84 Å². The van der Waals surface area contributed by atoms with Crippen LogP contribution in [0.5, 0.6) is 0 Å². The maximum Gasteiger partial charge on any atom is 0.104 e. The predicted octanol–water partition coefficient (Wildman–Crippen LogP) is 2.82. The number of unbranched alkanes of at least 4 members (excludes halogenated alkanes) is 3. The molecule has 0 heterocycles. The third kappa shape index (κ3) is 5.72. The second-order valence-electron chi connectivity index (χ2n) is 5.02. The molecule has 0 aromatic heterocycles. The van der Waals surface area contributed by atoms with Crippen molar-refractivity contribution in [2.24, 2.45) is 5.73 Å². The minimum atomic E-state index is -0.968. The highest BCUT2D eigenvalue weighted by molar-refractivity contribution is 5.22. The summed E-state index contributed by atoms with van der Waals surface area (Å²) in [5, 5.41) is 10.5. The Morgan fingerprint density at radius 3 is 2.47 bits per heavy atom. The molecule has 1 rings (SSSR count). The standard InChI is InChI=1S/C16H27NO2/c1-2-3-4-8-12-19-13-11-16(18,14-17)15-9-6-5-7-10-15/h5-7,9-10,18H,2-4,8,11-14,17H2,1H3. The minimum absolute atomic E-state index is 0.218. The van der Waals surface area contributed by atoms with Crippen molar-refractivity contribution in [2.75, 3.05) is 19.8 Å². The van der Waals surface area contributed by atoms with E-state index < -0.39 is 5.60 Å². The third-order valence-corrected chi connectivity index (χ3v) is 3.45. The zero-order chi connectivity index (χ0) is 14.0. The maximum absolute atomic E-state index is 10.5. The summed E-state index contributed by atoms with van der Waals surface area (Å²) in [7, 11) is 0. The molecule has 3 nitrogen and oxygen atoms in total. The fourth-order valence-electron chi connectivity index (χ4n) is 2.09. The van der Waals surface area contributed by atoms with E-state index in [4.69, 9.17) is 10.5 Å². The van der Waals surface area contributed by atoms with Gasteiger partial charge in [-0.3, -0.25) is 0 Å². The molecular weight excluding hydrogens is 238 g/mol. The molecule has 1 aromatic carbocycles. The molecule has 0 aliphatic carbocycles. The number of hydrogen-bond donors (Lipinski definition) is 2. The number of rotatable bonds is 10. The first-order valence-corrected chi connectivity index (χ1v) is 7.28. The summed E-state index contributed by atoms with van der Waals surface area (Å²) in [4.78, 5) is 0. The van der Waals surface area contributed by atoms with Gasteiger partial charge < -0.3 is 15.6 Å². The summed E-state index contributed by atoms with van der Waals surface area (Å²) in [5.74, 6) is 0. The number of nitrogens with two attached hydrogens (primary N) is 1. The fraction of sp³-hybridized carbons (Fsp3) is 0.625. The Hall–Kier alpha value is -0.900. The summed E-state index contributed by atoms with van der Waals surface area (Å²) in [6.45, 7) is 3.74. The lowest BCUT2D eigenvalue weighted by Gasteiger charge is -2.27. The molecule has 0 saturated heterocycles. The SMILES string of the molecule is CCCCCCOCCC(O)(CN)c1ccccc1. The highest BCUT2D eigenvalue weighted by Gasteiger charge is 2.26. The normalized spacial score (nSPS) is 14.3. The van der Waals surface area contributed by atoms with Gasteiger partial charge in [0.2, 0.25) is 0 Å². The van der Waals surface area contributed by atoms with Gasteiger partial charge in [0.1, 0.15) is 5.60 Å². The van der Waals surface area contributed by atoms with Gasteiger partial charge in [0, 0.05) is 26.2 Å². The summed E-state index contributed by atoms with van der Waals surface area (Å²) in [5.41, 5.74) is 5.61. The van der Waals surface area contributed by atoms with Crippen LogP contribution in [0.3, 0.4) is 0 Å². The molecule has 0 radical (unpaired) electrons. The minimum Gasteiger partial charge on any atom is -0.384 e. The molecule has 1 atom stereocenters. The molecule has 3 N–H and O–H groups in total. The van der Waals surface area contributed by atoms with E-state index in [-0.39, 0.29) is 6.54 Å². The molecular formula is C16H27NO2. The van der Waals surface area contributed by atoms with E-state index in [0.717, 1.165) is 18.6 Å². The Morgan fingerprint density at radius 1 is 1.11 bits per heavy atom. The lowest BCUT2D eigenvalue weighted by Crippen LogP contribution is -2.36. The molecule has 0 fully saturated rings. The summed E-state index contributed by atoms with van der Waals surface area (Å²) >= 11 is 0. The van der Waals surface area contributed by atoms with E-state index in [2.05, 4.69) is 6.92 Å². The smallest absolute Gasteiger partial charge is 0.104 e. The van der Waals surface area contributed by atoms with Crippen LogP contribution < -0.4 is 5.73 Å². The molecule has 0 saturated carbocycles. The summed E-state index contributed by atoms with van der Waals surface area (Å²) in [6.07, 6.45) is 5.36. The lowest BCUT2D eigenvalue weighted by atomic mass is 9.91. The third-order valence-electron chi connectivity index (χ3n) is 3.45. The highest BCUT2D eigenvalue weighted by atomic mass is 16.5. The van der Waals surface area contributed by atoms with E-state index in [1.54, 1.807) is 0 Å². The molecule has 0 aliphatic heterocycles. The maximum atomic E-state index is 10.5. The quantitative estimate of drug-likeness (QED) is 0.640. The Morgan fingerprint density at radius 2 is 1.84 bits per heavy atom.